The Morgan fingerprint density at radius 1 is 1.26 bits per heavy atom. The molecule has 4 rings (SSSR count). The van der Waals surface area contributed by atoms with E-state index in [1.807, 2.05) is 10.3 Å². The van der Waals surface area contributed by atoms with Crippen molar-refractivity contribution in [3.05, 3.63) is 52.0 Å². The van der Waals surface area contributed by atoms with Crippen LogP contribution in [-0.2, 0) is 16.0 Å². The van der Waals surface area contributed by atoms with E-state index in [0.29, 0.717) is 24.8 Å². The molecule has 2 amide bonds. The van der Waals surface area contributed by atoms with Crippen LogP contribution in [0.15, 0.2) is 35.7 Å². The summed E-state index contributed by atoms with van der Waals surface area (Å²) in [5.41, 5.74) is 1.09. The minimum absolute atomic E-state index is 0.0423. The molecular weight excluding hydrogens is 451 g/mol. The monoisotopic (exact) mass is 486 g/mol. The zero-order valence-corrected chi connectivity index (χ0v) is 21.0. The van der Waals surface area contributed by atoms with Gasteiger partial charge in [-0.1, -0.05) is 39.2 Å². The van der Waals surface area contributed by atoms with Crippen molar-refractivity contribution in [3.63, 3.8) is 0 Å². The van der Waals surface area contributed by atoms with Gasteiger partial charge < -0.3 is 14.5 Å². The lowest BCUT2D eigenvalue weighted by molar-refractivity contribution is -0.145. The molecular formula is C27H35FN2O3S. The molecule has 2 aromatic rings. The molecule has 1 aliphatic carbocycles. The van der Waals surface area contributed by atoms with Gasteiger partial charge in [-0.2, -0.15) is 0 Å². The summed E-state index contributed by atoms with van der Waals surface area (Å²) in [7, 11) is 0. The van der Waals surface area contributed by atoms with Crippen molar-refractivity contribution < 1.29 is 18.7 Å². The van der Waals surface area contributed by atoms with Crippen molar-refractivity contribution in [2.24, 2.45) is 11.8 Å². The summed E-state index contributed by atoms with van der Waals surface area (Å²) < 4.78 is 19.6. The van der Waals surface area contributed by atoms with E-state index in [4.69, 9.17) is 4.74 Å². The van der Waals surface area contributed by atoms with E-state index in [1.165, 1.54) is 17.0 Å². The zero-order chi connectivity index (χ0) is 24.1. The van der Waals surface area contributed by atoms with Gasteiger partial charge in [0.05, 0.1) is 12.6 Å². The molecule has 2 atom stereocenters. The maximum absolute atomic E-state index is 13.6. The number of ether oxygens (including phenoxy) is 1. The molecule has 1 aliphatic heterocycles. The molecule has 1 saturated carbocycles. The number of fused-ring (bicyclic) bond motifs is 1. The van der Waals surface area contributed by atoms with Crippen molar-refractivity contribution in [2.75, 3.05) is 26.2 Å². The fraction of sp³-hybridized carbons (Fsp3) is 0.556. The van der Waals surface area contributed by atoms with Crippen LogP contribution in [0, 0.1) is 17.7 Å². The van der Waals surface area contributed by atoms with Crippen LogP contribution in [0.3, 0.4) is 0 Å². The molecule has 0 N–H and O–H groups in total. The third-order valence-electron chi connectivity index (χ3n) is 7.19. The Morgan fingerprint density at radius 3 is 2.79 bits per heavy atom. The maximum atomic E-state index is 13.6. The Labute approximate surface area is 205 Å². The standard InChI is InChI=1S/C27H35FN2O3S/c1-3-19(2)16-29(27(32)20-7-4-5-8-20)17-26(31)30-13-11-25-23(12-14-34-25)24(30)18-33-22-10-6-9-21(28)15-22/h6,9-10,12,14-15,19-20,24H,3-5,7-8,11,13,16-18H2,1-2H3/t19-,24-/m0/s1. The molecule has 0 unspecified atom stereocenters. The molecule has 184 valence electrons. The number of carbonyl (C=O) groups excluding carboxylic acids is 2. The largest absolute Gasteiger partial charge is 0.491 e. The molecule has 7 heteroatoms. The molecule has 0 saturated heterocycles. The van der Waals surface area contributed by atoms with Gasteiger partial charge in [0.15, 0.2) is 0 Å². The molecule has 0 radical (unpaired) electrons. The smallest absolute Gasteiger partial charge is 0.242 e. The fourth-order valence-electron chi connectivity index (χ4n) is 5.03. The van der Waals surface area contributed by atoms with Crippen molar-refractivity contribution in [3.8, 4) is 5.75 Å². The van der Waals surface area contributed by atoms with Gasteiger partial charge >= 0.3 is 0 Å². The predicted octanol–water partition coefficient (Wildman–Crippen LogP) is 5.46. The van der Waals surface area contributed by atoms with E-state index in [2.05, 4.69) is 19.9 Å². The Kier molecular flexibility index (Phi) is 8.24. The SMILES string of the molecule is CC[C@H](C)CN(CC(=O)N1CCc2sccc2[C@@H]1COc1cccc(F)c1)C(=O)C1CCCC1. The van der Waals surface area contributed by atoms with Gasteiger partial charge in [-0.3, -0.25) is 9.59 Å². The van der Waals surface area contributed by atoms with Crippen LogP contribution < -0.4 is 4.74 Å². The molecule has 5 nitrogen and oxygen atoms in total. The average Bonchev–Trinajstić information content (AvgIpc) is 3.53. The van der Waals surface area contributed by atoms with Gasteiger partial charge in [-0.25, -0.2) is 4.39 Å². The number of carbonyl (C=O) groups is 2. The first kappa shape index (κ1) is 24.7. The van der Waals surface area contributed by atoms with Gasteiger partial charge in [-0.05, 0) is 54.3 Å². The van der Waals surface area contributed by atoms with E-state index in [1.54, 1.807) is 28.4 Å². The number of hydrogen-bond acceptors (Lipinski definition) is 4. The molecule has 1 aromatic heterocycles. The van der Waals surface area contributed by atoms with E-state index in [-0.39, 0.29) is 42.7 Å². The number of amides is 2. The van der Waals surface area contributed by atoms with Gasteiger partial charge in [0.1, 0.15) is 18.2 Å². The zero-order valence-electron chi connectivity index (χ0n) is 20.2. The van der Waals surface area contributed by atoms with E-state index < -0.39 is 0 Å². The summed E-state index contributed by atoms with van der Waals surface area (Å²) in [5.74, 6) is 0.580. The van der Waals surface area contributed by atoms with Crippen LogP contribution in [-0.4, -0.2) is 47.9 Å². The van der Waals surface area contributed by atoms with Crippen molar-refractivity contribution in [2.45, 2.75) is 58.4 Å². The third-order valence-corrected chi connectivity index (χ3v) is 8.19. The summed E-state index contributed by atoms with van der Waals surface area (Å²) in [4.78, 5) is 31.8. The Bertz CT molecular complexity index is 988. The second-order valence-corrected chi connectivity index (χ2v) is 10.6. The quantitative estimate of drug-likeness (QED) is 0.473. The number of thiophene rings is 1. The lowest BCUT2D eigenvalue weighted by Crippen LogP contribution is -2.49. The minimum Gasteiger partial charge on any atom is -0.491 e. The van der Waals surface area contributed by atoms with Crippen molar-refractivity contribution in [1.29, 1.82) is 0 Å². The topological polar surface area (TPSA) is 49.9 Å². The van der Waals surface area contributed by atoms with Crippen molar-refractivity contribution >= 4 is 23.2 Å². The molecule has 1 fully saturated rings. The number of benzene rings is 1. The van der Waals surface area contributed by atoms with E-state index in [9.17, 15) is 14.0 Å². The van der Waals surface area contributed by atoms with Crippen LogP contribution in [0.1, 0.15) is 62.4 Å². The number of nitrogens with zero attached hydrogens (tertiary/aromatic N) is 2. The van der Waals surface area contributed by atoms with Gasteiger partial charge in [0, 0.05) is 30.0 Å². The molecule has 2 heterocycles. The van der Waals surface area contributed by atoms with Crippen LogP contribution in [0.4, 0.5) is 4.39 Å². The lowest BCUT2D eigenvalue weighted by Gasteiger charge is -2.37. The lowest BCUT2D eigenvalue weighted by atomic mass is 10.00. The van der Waals surface area contributed by atoms with Gasteiger partial charge in [-0.15, -0.1) is 11.3 Å². The number of rotatable bonds is 9. The highest BCUT2D eigenvalue weighted by atomic mass is 32.1. The molecule has 2 aliphatic rings. The normalized spacial score (nSPS) is 19.0. The minimum atomic E-state index is -0.351. The second-order valence-electron chi connectivity index (χ2n) is 9.63. The first-order valence-electron chi connectivity index (χ1n) is 12.5. The first-order chi connectivity index (χ1) is 16.5. The van der Waals surface area contributed by atoms with E-state index >= 15 is 0 Å². The number of hydrogen-bond donors (Lipinski definition) is 0. The summed E-state index contributed by atoms with van der Waals surface area (Å²) in [6.45, 7) is 5.81. The highest BCUT2D eigenvalue weighted by Crippen LogP contribution is 2.34. The third kappa shape index (κ3) is 5.80. The van der Waals surface area contributed by atoms with Crippen LogP contribution in [0.25, 0.3) is 0 Å². The van der Waals surface area contributed by atoms with Crippen LogP contribution >= 0.6 is 11.3 Å². The summed E-state index contributed by atoms with van der Waals surface area (Å²) >= 11 is 1.70. The highest BCUT2D eigenvalue weighted by molar-refractivity contribution is 7.10. The second kappa shape index (κ2) is 11.3. The molecule has 0 spiro atoms. The Hall–Kier alpha value is -2.41. The van der Waals surface area contributed by atoms with Crippen molar-refractivity contribution in [1.82, 2.24) is 9.80 Å². The maximum Gasteiger partial charge on any atom is 0.242 e. The Morgan fingerprint density at radius 2 is 2.06 bits per heavy atom. The molecule has 34 heavy (non-hydrogen) atoms. The van der Waals surface area contributed by atoms with E-state index in [0.717, 1.165) is 44.1 Å². The average molecular weight is 487 g/mol. The summed E-state index contributed by atoms with van der Waals surface area (Å²) in [6.07, 6.45) is 5.81. The summed E-state index contributed by atoms with van der Waals surface area (Å²) in [5, 5.41) is 2.05. The Balaban J connectivity index is 1.50. The van der Waals surface area contributed by atoms with Crippen LogP contribution in [0.5, 0.6) is 5.75 Å². The van der Waals surface area contributed by atoms with Crippen LogP contribution in [0.2, 0.25) is 0 Å². The fourth-order valence-corrected chi connectivity index (χ4v) is 5.96. The first-order valence-corrected chi connectivity index (χ1v) is 13.4. The molecule has 1 aromatic carbocycles. The summed E-state index contributed by atoms with van der Waals surface area (Å²) in [6, 6.07) is 7.88. The van der Waals surface area contributed by atoms with Gasteiger partial charge in [0.25, 0.3) is 0 Å². The molecule has 0 bridgehead atoms. The number of halogens is 1. The van der Waals surface area contributed by atoms with Gasteiger partial charge in [0.2, 0.25) is 11.8 Å². The highest BCUT2D eigenvalue weighted by Gasteiger charge is 2.35. The predicted molar refractivity (Wildman–Crippen MR) is 132 cm³/mol.